The van der Waals surface area contributed by atoms with Crippen molar-refractivity contribution in [2.24, 2.45) is 10.9 Å². The molecule has 1 aliphatic rings. The lowest BCUT2D eigenvalue weighted by Gasteiger charge is -2.29. The van der Waals surface area contributed by atoms with Gasteiger partial charge in [-0.1, -0.05) is 50.8 Å². The van der Waals surface area contributed by atoms with Crippen LogP contribution in [0.25, 0.3) is 11.3 Å². The topological polar surface area (TPSA) is 25.2 Å². The fraction of sp³-hybridized carbons (Fsp3) is 0.500. The van der Waals surface area contributed by atoms with Gasteiger partial charge in [0.05, 0.1) is 17.0 Å². The summed E-state index contributed by atoms with van der Waals surface area (Å²) in [5.74, 6) is 1.16. The second-order valence-corrected chi connectivity index (χ2v) is 8.20. The van der Waals surface area contributed by atoms with E-state index in [4.69, 9.17) is 0 Å². The van der Waals surface area contributed by atoms with Crippen molar-refractivity contribution in [2.75, 3.05) is 0 Å². The second-order valence-electron chi connectivity index (χ2n) is 8.01. The smallest absolute Gasteiger partial charge is 0.151 e. The summed E-state index contributed by atoms with van der Waals surface area (Å²) in [7, 11) is 0. The zero-order valence-corrected chi connectivity index (χ0v) is 17.7. The van der Waals surface area contributed by atoms with Crippen molar-refractivity contribution in [3.63, 3.8) is 0 Å². The second kappa shape index (κ2) is 10.0. The predicted molar refractivity (Wildman–Crippen MR) is 118 cm³/mol. The molecule has 4 heteroatoms. The Labute approximate surface area is 173 Å². The number of thiocarbonyl (C=S) groups is 1. The fourth-order valence-corrected chi connectivity index (χ4v) is 4.52. The molecule has 0 amide bonds. The molecule has 148 valence electrons. The van der Waals surface area contributed by atoms with Gasteiger partial charge in [0.2, 0.25) is 0 Å². The number of aryl methyl sites for hydroxylation is 1. The number of hydrogen-bond acceptors (Lipinski definition) is 3. The van der Waals surface area contributed by atoms with Gasteiger partial charge in [-0.15, -0.1) is 0 Å². The Morgan fingerprint density at radius 3 is 2.61 bits per heavy atom. The summed E-state index contributed by atoms with van der Waals surface area (Å²) in [5.41, 5.74) is 4.05. The maximum absolute atomic E-state index is 14.5. The standard InChI is InChI=1S/C24H29FN2S/c1-3-4-5-6-18-7-9-19(10-8-18)20-11-12-22(17(2)13-20)24-23(25)14-21(15-26-24)27-16-28/h11-15,18-19H,3-10H2,1-2H3. The minimum Gasteiger partial charge on any atom is -0.251 e. The van der Waals surface area contributed by atoms with E-state index in [1.54, 1.807) is 0 Å². The third-order valence-corrected chi connectivity index (χ3v) is 6.13. The van der Waals surface area contributed by atoms with Gasteiger partial charge in [0.15, 0.2) is 5.82 Å². The molecule has 0 unspecified atom stereocenters. The van der Waals surface area contributed by atoms with Gasteiger partial charge in [-0.05, 0) is 67.8 Å². The van der Waals surface area contributed by atoms with Crippen LogP contribution in [0.15, 0.2) is 35.5 Å². The molecular formula is C24H29FN2S. The highest BCUT2D eigenvalue weighted by Crippen LogP contribution is 2.39. The molecule has 0 saturated heterocycles. The average molecular weight is 397 g/mol. The van der Waals surface area contributed by atoms with Crippen molar-refractivity contribution in [3.05, 3.63) is 47.4 Å². The number of rotatable bonds is 7. The molecule has 1 saturated carbocycles. The summed E-state index contributed by atoms with van der Waals surface area (Å²) in [6, 6.07) is 7.76. The van der Waals surface area contributed by atoms with Crippen molar-refractivity contribution >= 4 is 23.1 Å². The average Bonchev–Trinajstić information content (AvgIpc) is 2.70. The van der Waals surface area contributed by atoms with Crippen molar-refractivity contribution in [3.8, 4) is 11.3 Å². The summed E-state index contributed by atoms with van der Waals surface area (Å²) in [6.45, 7) is 4.31. The first kappa shape index (κ1) is 20.8. The zero-order chi connectivity index (χ0) is 19.9. The van der Waals surface area contributed by atoms with Gasteiger partial charge in [-0.25, -0.2) is 4.39 Å². The highest BCUT2D eigenvalue weighted by atomic mass is 32.1. The number of pyridine rings is 1. The minimum atomic E-state index is -0.380. The lowest BCUT2D eigenvalue weighted by molar-refractivity contribution is 0.303. The normalized spacial score (nSPS) is 19.2. The minimum absolute atomic E-state index is 0.368. The van der Waals surface area contributed by atoms with Crippen LogP contribution in [0.1, 0.15) is 75.3 Å². The van der Waals surface area contributed by atoms with E-state index in [1.807, 2.05) is 13.0 Å². The Bertz CT molecular complexity index is 850. The molecule has 3 rings (SSSR count). The molecule has 0 atom stereocenters. The maximum atomic E-state index is 14.5. The van der Waals surface area contributed by atoms with Gasteiger partial charge in [0.25, 0.3) is 0 Å². The van der Waals surface area contributed by atoms with Gasteiger partial charge in [-0.3, -0.25) is 4.98 Å². The van der Waals surface area contributed by atoms with E-state index in [-0.39, 0.29) is 5.82 Å². The first-order chi connectivity index (χ1) is 13.6. The summed E-state index contributed by atoms with van der Waals surface area (Å²) >= 11 is 4.57. The quantitative estimate of drug-likeness (QED) is 0.271. The molecule has 2 aromatic rings. The van der Waals surface area contributed by atoms with Crippen LogP contribution in [0.2, 0.25) is 0 Å². The zero-order valence-electron chi connectivity index (χ0n) is 16.9. The van der Waals surface area contributed by atoms with Gasteiger partial charge in [0.1, 0.15) is 5.69 Å². The molecule has 1 aromatic heterocycles. The number of halogens is 1. The molecule has 2 nitrogen and oxygen atoms in total. The largest absolute Gasteiger partial charge is 0.251 e. The number of unbranched alkanes of at least 4 members (excludes halogenated alkanes) is 2. The van der Waals surface area contributed by atoms with E-state index >= 15 is 0 Å². The first-order valence-corrected chi connectivity index (χ1v) is 10.9. The van der Waals surface area contributed by atoms with E-state index in [9.17, 15) is 4.39 Å². The number of aromatic nitrogens is 1. The molecule has 1 heterocycles. The van der Waals surface area contributed by atoms with Crippen molar-refractivity contribution < 1.29 is 4.39 Å². The lowest BCUT2D eigenvalue weighted by atomic mass is 9.76. The van der Waals surface area contributed by atoms with Crippen LogP contribution in [0, 0.1) is 18.7 Å². The predicted octanol–water partition coefficient (Wildman–Crippen LogP) is 7.78. The van der Waals surface area contributed by atoms with E-state index < -0.39 is 0 Å². The number of hydrogen-bond donors (Lipinski definition) is 0. The number of isothiocyanates is 1. The van der Waals surface area contributed by atoms with E-state index in [2.05, 4.69) is 46.4 Å². The Balaban J connectivity index is 1.69. The maximum Gasteiger partial charge on any atom is 0.151 e. The highest BCUT2D eigenvalue weighted by molar-refractivity contribution is 7.78. The summed E-state index contributed by atoms with van der Waals surface area (Å²) in [6.07, 6.45) is 12.2. The molecule has 28 heavy (non-hydrogen) atoms. The lowest BCUT2D eigenvalue weighted by Crippen LogP contribution is -2.13. The molecule has 0 aliphatic heterocycles. The molecule has 0 bridgehead atoms. The third-order valence-electron chi connectivity index (χ3n) is 6.04. The number of benzene rings is 1. The molecule has 0 N–H and O–H groups in total. The van der Waals surface area contributed by atoms with Gasteiger partial charge < -0.3 is 0 Å². The summed E-state index contributed by atoms with van der Waals surface area (Å²) in [4.78, 5) is 8.05. The Morgan fingerprint density at radius 2 is 1.96 bits per heavy atom. The van der Waals surface area contributed by atoms with Crippen LogP contribution in [0.4, 0.5) is 10.1 Å². The van der Waals surface area contributed by atoms with Crippen LogP contribution < -0.4 is 0 Å². The van der Waals surface area contributed by atoms with Crippen LogP contribution in [0.5, 0.6) is 0 Å². The SMILES string of the molecule is CCCCCC1CCC(c2ccc(-c3ncc(N=C=S)cc3F)c(C)c2)CC1. The number of nitrogens with zero attached hydrogens (tertiary/aromatic N) is 2. The summed E-state index contributed by atoms with van der Waals surface area (Å²) in [5, 5.41) is 2.24. The molecule has 1 fully saturated rings. The molecule has 1 aliphatic carbocycles. The fourth-order valence-electron chi connectivity index (χ4n) is 4.41. The van der Waals surface area contributed by atoms with E-state index in [0.29, 0.717) is 17.3 Å². The molecule has 0 spiro atoms. The Kier molecular flexibility index (Phi) is 7.47. The molecule has 1 aromatic carbocycles. The van der Waals surface area contributed by atoms with E-state index in [1.165, 1.54) is 69.2 Å². The first-order valence-electron chi connectivity index (χ1n) is 10.5. The van der Waals surface area contributed by atoms with E-state index in [0.717, 1.165) is 17.0 Å². The van der Waals surface area contributed by atoms with Crippen LogP contribution in [0.3, 0.4) is 0 Å². The Morgan fingerprint density at radius 1 is 1.18 bits per heavy atom. The van der Waals surface area contributed by atoms with Gasteiger partial charge in [-0.2, -0.15) is 4.99 Å². The number of aliphatic imine (C=N–C) groups is 1. The van der Waals surface area contributed by atoms with Crippen molar-refractivity contribution in [1.29, 1.82) is 0 Å². The van der Waals surface area contributed by atoms with Crippen LogP contribution >= 0.6 is 12.2 Å². The van der Waals surface area contributed by atoms with Crippen LogP contribution in [-0.4, -0.2) is 10.1 Å². The van der Waals surface area contributed by atoms with Gasteiger partial charge in [0, 0.05) is 11.6 Å². The molecular weight excluding hydrogens is 367 g/mol. The monoisotopic (exact) mass is 396 g/mol. The van der Waals surface area contributed by atoms with Crippen molar-refractivity contribution in [1.82, 2.24) is 4.98 Å². The van der Waals surface area contributed by atoms with Crippen LogP contribution in [-0.2, 0) is 0 Å². The van der Waals surface area contributed by atoms with Gasteiger partial charge >= 0.3 is 0 Å². The third kappa shape index (κ3) is 5.12. The Hall–Kier alpha value is -1.90. The summed E-state index contributed by atoms with van der Waals surface area (Å²) < 4.78 is 14.5. The molecule has 0 radical (unpaired) electrons. The highest BCUT2D eigenvalue weighted by Gasteiger charge is 2.22. The van der Waals surface area contributed by atoms with Crippen molar-refractivity contribution in [2.45, 2.75) is 71.1 Å².